The van der Waals surface area contributed by atoms with Gasteiger partial charge in [0.2, 0.25) is 0 Å². The highest BCUT2D eigenvalue weighted by molar-refractivity contribution is 5.99. The van der Waals surface area contributed by atoms with E-state index in [1.165, 1.54) is 0 Å². The van der Waals surface area contributed by atoms with Crippen molar-refractivity contribution >= 4 is 22.4 Å². The molecule has 156 valence electrons. The van der Waals surface area contributed by atoms with Gasteiger partial charge >= 0.3 is 0 Å². The fourth-order valence-corrected chi connectivity index (χ4v) is 3.53. The molecule has 0 bridgehead atoms. The molecule has 2 N–H and O–H groups in total. The fraction of sp³-hybridized carbons (Fsp3) is 0.348. The van der Waals surface area contributed by atoms with E-state index in [4.69, 9.17) is 14.5 Å². The summed E-state index contributed by atoms with van der Waals surface area (Å²) in [5, 5.41) is 3.88. The molecule has 0 aliphatic carbocycles. The number of hydrogen-bond acceptors (Lipinski definition) is 5. The van der Waals surface area contributed by atoms with Gasteiger partial charge in [0.25, 0.3) is 5.91 Å². The van der Waals surface area contributed by atoms with Crippen molar-refractivity contribution in [3.8, 4) is 5.75 Å². The number of hydrogen-bond donors (Lipinski definition) is 2. The van der Waals surface area contributed by atoms with E-state index < -0.39 is 0 Å². The van der Waals surface area contributed by atoms with Crippen LogP contribution in [0, 0.1) is 0 Å². The van der Waals surface area contributed by atoms with Crippen LogP contribution < -0.4 is 10.1 Å². The molecule has 0 saturated heterocycles. The van der Waals surface area contributed by atoms with Crippen LogP contribution in [0.2, 0.25) is 0 Å². The van der Waals surface area contributed by atoms with E-state index in [1.807, 2.05) is 31.2 Å². The van der Waals surface area contributed by atoms with Gasteiger partial charge in [0.15, 0.2) is 0 Å². The molecule has 7 nitrogen and oxygen atoms in total. The monoisotopic (exact) mass is 406 g/mol. The van der Waals surface area contributed by atoms with Gasteiger partial charge in [-0.2, -0.15) is 0 Å². The van der Waals surface area contributed by atoms with Gasteiger partial charge in [0.1, 0.15) is 11.6 Å². The smallest absolute Gasteiger partial charge is 0.251 e. The Labute approximate surface area is 175 Å². The van der Waals surface area contributed by atoms with Gasteiger partial charge in [0, 0.05) is 42.4 Å². The normalized spacial score (nSPS) is 13.8. The Balaban J connectivity index is 1.52. The van der Waals surface area contributed by atoms with Crippen LogP contribution in [-0.2, 0) is 11.2 Å². The lowest BCUT2D eigenvalue weighted by atomic mass is 10.0. The van der Waals surface area contributed by atoms with E-state index in [9.17, 15) is 4.79 Å². The molecule has 0 saturated carbocycles. The Hall–Kier alpha value is -3.19. The van der Waals surface area contributed by atoms with Crippen LogP contribution in [0.25, 0.3) is 16.5 Å². The second kappa shape index (κ2) is 9.54. The van der Waals surface area contributed by atoms with Crippen LogP contribution >= 0.6 is 0 Å². The van der Waals surface area contributed by atoms with Gasteiger partial charge in [-0.15, -0.1) is 0 Å². The molecule has 30 heavy (non-hydrogen) atoms. The maximum absolute atomic E-state index is 12.6. The van der Waals surface area contributed by atoms with Crippen molar-refractivity contribution in [2.45, 2.75) is 26.2 Å². The Morgan fingerprint density at radius 1 is 1.33 bits per heavy atom. The lowest BCUT2D eigenvalue weighted by Gasteiger charge is -2.16. The van der Waals surface area contributed by atoms with Gasteiger partial charge in [-0.3, -0.25) is 4.79 Å². The number of aromatic nitrogens is 3. The summed E-state index contributed by atoms with van der Waals surface area (Å²) >= 11 is 0. The number of rotatable bonds is 8. The first kappa shape index (κ1) is 20.1. The zero-order valence-corrected chi connectivity index (χ0v) is 17.1. The molecule has 4 rings (SSSR count). The number of ether oxygens (including phenoxy) is 2. The molecule has 7 heteroatoms. The SMILES string of the molecule is CCOc1cc(C2=CCOCC2)nc2cc(C(=O)NCCCc3ncc[nH]3)ccc12. The number of pyridine rings is 1. The first-order valence-electron chi connectivity index (χ1n) is 10.4. The number of H-pyrrole nitrogens is 1. The zero-order chi connectivity index (χ0) is 20.8. The second-order valence-electron chi connectivity index (χ2n) is 7.12. The lowest BCUT2D eigenvalue weighted by Crippen LogP contribution is -2.24. The van der Waals surface area contributed by atoms with Crippen LogP contribution in [0.5, 0.6) is 5.75 Å². The average Bonchev–Trinajstić information content (AvgIpc) is 3.30. The number of amides is 1. The summed E-state index contributed by atoms with van der Waals surface area (Å²) in [4.78, 5) is 24.7. The minimum atomic E-state index is -0.105. The van der Waals surface area contributed by atoms with Crippen LogP contribution in [0.3, 0.4) is 0 Å². The maximum Gasteiger partial charge on any atom is 0.251 e. The number of benzene rings is 1. The van der Waals surface area contributed by atoms with Crippen LogP contribution in [0.15, 0.2) is 42.7 Å². The van der Waals surface area contributed by atoms with Gasteiger partial charge in [-0.1, -0.05) is 6.08 Å². The molecule has 1 aromatic carbocycles. The summed E-state index contributed by atoms with van der Waals surface area (Å²) in [7, 11) is 0. The fourth-order valence-electron chi connectivity index (χ4n) is 3.53. The molecule has 3 heterocycles. The van der Waals surface area contributed by atoms with E-state index >= 15 is 0 Å². The molecular formula is C23H26N4O3. The molecule has 0 radical (unpaired) electrons. The van der Waals surface area contributed by atoms with E-state index in [0.717, 1.165) is 53.0 Å². The first-order chi connectivity index (χ1) is 14.7. The third kappa shape index (κ3) is 4.68. The van der Waals surface area contributed by atoms with Gasteiger partial charge in [-0.05, 0) is 43.5 Å². The van der Waals surface area contributed by atoms with Crippen LogP contribution in [0.4, 0.5) is 0 Å². The lowest BCUT2D eigenvalue weighted by molar-refractivity contribution is 0.0953. The summed E-state index contributed by atoms with van der Waals surface area (Å²) in [5.74, 6) is 1.61. The summed E-state index contributed by atoms with van der Waals surface area (Å²) in [6.07, 6.45) is 8.03. The molecule has 3 aromatic rings. The van der Waals surface area contributed by atoms with Gasteiger partial charge in [0.05, 0.1) is 31.0 Å². The number of aromatic amines is 1. The number of imidazole rings is 1. The topological polar surface area (TPSA) is 89.1 Å². The van der Waals surface area contributed by atoms with Gasteiger partial charge < -0.3 is 19.8 Å². The number of fused-ring (bicyclic) bond motifs is 1. The highest BCUT2D eigenvalue weighted by Crippen LogP contribution is 2.30. The minimum Gasteiger partial charge on any atom is -0.493 e. The van der Waals surface area contributed by atoms with E-state index in [1.54, 1.807) is 12.4 Å². The minimum absolute atomic E-state index is 0.105. The number of nitrogens with one attached hydrogen (secondary N) is 2. The molecule has 1 amide bonds. The Bertz CT molecular complexity index is 1040. The molecule has 0 spiro atoms. The van der Waals surface area contributed by atoms with Crippen molar-refractivity contribution in [3.63, 3.8) is 0 Å². The van der Waals surface area contributed by atoms with Gasteiger partial charge in [-0.25, -0.2) is 9.97 Å². The number of carbonyl (C=O) groups is 1. The molecule has 1 aliphatic heterocycles. The summed E-state index contributed by atoms with van der Waals surface area (Å²) in [6.45, 7) is 4.40. The molecule has 0 fully saturated rings. The Morgan fingerprint density at radius 2 is 2.27 bits per heavy atom. The molecular weight excluding hydrogens is 380 g/mol. The van der Waals surface area contributed by atoms with Crippen molar-refractivity contribution in [2.24, 2.45) is 0 Å². The maximum atomic E-state index is 12.6. The number of aryl methyl sites for hydroxylation is 1. The first-order valence-corrected chi connectivity index (χ1v) is 10.4. The molecule has 0 atom stereocenters. The Kier molecular flexibility index (Phi) is 6.39. The molecule has 1 aliphatic rings. The molecule has 2 aromatic heterocycles. The third-order valence-corrected chi connectivity index (χ3v) is 5.06. The second-order valence-corrected chi connectivity index (χ2v) is 7.12. The van der Waals surface area contributed by atoms with Crippen molar-refractivity contribution < 1.29 is 14.3 Å². The molecule has 0 unspecified atom stereocenters. The standard InChI is InChI=1S/C23H26N4O3/c1-2-30-21-15-19(16-7-12-29-13-8-16)27-20-14-17(5-6-18(20)21)23(28)26-9-3-4-22-24-10-11-25-22/h5-7,10-11,14-15H,2-4,8-9,12-13H2,1H3,(H,24,25)(H,26,28). The number of carbonyl (C=O) groups excluding carboxylic acids is 1. The highest BCUT2D eigenvalue weighted by atomic mass is 16.5. The van der Waals surface area contributed by atoms with Crippen molar-refractivity contribution in [1.82, 2.24) is 20.3 Å². The number of nitrogens with zero attached hydrogens (tertiary/aromatic N) is 2. The van der Waals surface area contributed by atoms with Crippen molar-refractivity contribution in [2.75, 3.05) is 26.4 Å². The van der Waals surface area contributed by atoms with Crippen LogP contribution in [0.1, 0.15) is 41.6 Å². The summed E-state index contributed by atoms with van der Waals surface area (Å²) in [5.41, 5.74) is 3.38. The van der Waals surface area contributed by atoms with Crippen molar-refractivity contribution in [3.05, 3.63) is 59.8 Å². The predicted molar refractivity (Wildman–Crippen MR) is 116 cm³/mol. The quantitative estimate of drug-likeness (QED) is 0.559. The third-order valence-electron chi connectivity index (χ3n) is 5.06. The largest absolute Gasteiger partial charge is 0.493 e. The zero-order valence-electron chi connectivity index (χ0n) is 17.1. The van der Waals surface area contributed by atoms with Crippen LogP contribution in [-0.4, -0.2) is 47.2 Å². The highest BCUT2D eigenvalue weighted by Gasteiger charge is 2.14. The average molecular weight is 406 g/mol. The summed E-state index contributed by atoms with van der Waals surface area (Å²) < 4.78 is 11.3. The van der Waals surface area contributed by atoms with E-state index in [0.29, 0.717) is 31.9 Å². The van der Waals surface area contributed by atoms with Crippen molar-refractivity contribution in [1.29, 1.82) is 0 Å². The van der Waals surface area contributed by atoms with E-state index in [-0.39, 0.29) is 5.91 Å². The summed E-state index contributed by atoms with van der Waals surface area (Å²) in [6, 6.07) is 7.55. The Morgan fingerprint density at radius 3 is 3.03 bits per heavy atom. The predicted octanol–water partition coefficient (Wildman–Crippen LogP) is 3.52. The van der Waals surface area contributed by atoms with E-state index in [2.05, 4.69) is 21.4 Å².